The van der Waals surface area contributed by atoms with Gasteiger partial charge >= 0.3 is 0 Å². The van der Waals surface area contributed by atoms with Crippen molar-refractivity contribution in [3.63, 3.8) is 0 Å². The summed E-state index contributed by atoms with van der Waals surface area (Å²) in [7, 11) is 1.95. The number of nitrogens with zero attached hydrogens (tertiary/aromatic N) is 5. The van der Waals surface area contributed by atoms with Crippen molar-refractivity contribution in [3.05, 3.63) is 12.0 Å². The van der Waals surface area contributed by atoms with Crippen molar-refractivity contribution in [1.29, 1.82) is 0 Å². The van der Waals surface area contributed by atoms with E-state index in [0.717, 1.165) is 61.6 Å². The second kappa shape index (κ2) is 6.60. The molecule has 0 amide bonds. The van der Waals surface area contributed by atoms with Crippen LogP contribution in [0.5, 0.6) is 0 Å². The lowest BCUT2D eigenvalue weighted by Gasteiger charge is -2.33. The number of aromatic nitrogens is 4. The number of anilines is 1. The highest BCUT2D eigenvalue weighted by atomic mass is 15.3. The van der Waals surface area contributed by atoms with Gasteiger partial charge in [0.05, 0.1) is 11.6 Å². The third-order valence-electron chi connectivity index (χ3n) is 4.49. The van der Waals surface area contributed by atoms with Gasteiger partial charge in [-0.3, -0.25) is 4.68 Å². The van der Waals surface area contributed by atoms with Gasteiger partial charge in [0.25, 0.3) is 0 Å². The van der Waals surface area contributed by atoms with E-state index in [1.165, 1.54) is 12.8 Å². The molecule has 3 rings (SSSR count). The van der Waals surface area contributed by atoms with Crippen molar-refractivity contribution in [1.82, 2.24) is 19.7 Å². The maximum atomic E-state index is 5.74. The molecule has 0 bridgehead atoms. The fraction of sp³-hybridized carbons (Fsp3) is 0.688. The molecule has 1 aliphatic rings. The number of hydrogen-bond acceptors (Lipinski definition) is 5. The Labute approximate surface area is 131 Å². The van der Waals surface area contributed by atoms with Crippen molar-refractivity contribution < 1.29 is 0 Å². The van der Waals surface area contributed by atoms with Gasteiger partial charge < -0.3 is 10.6 Å². The zero-order valence-electron chi connectivity index (χ0n) is 13.6. The standard InChI is InChI=1S/C16H26N6/c1-3-5-14-19-15-13(10-18-21(15)2)16(20-14)22-9-4-6-12(11-22)7-8-17/h10,12H,3-9,11,17H2,1-2H3. The molecule has 1 atom stereocenters. The van der Waals surface area contributed by atoms with Crippen LogP contribution in [0.15, 0.2) is 6.20 Å². The van der Waals surface area contributed by atoms with Crippen LogP contribution in [0.3, 0.4) is 0 Å². The highest BCUT2D eigenvalue weighted by Gasteiger charge is 2.23. The largest absolute Gasteiger partial charge is 0.356 e. The molecular weight excluding hydrogens is 276 g/mol. The van der Waals surface area contributed by atoms with Gasteiger partial charge in [-0.05, 0) is 38.1 Å². The Hall–Kier alpha value is -1.69. The Bertz CT molecular complexity index is 633. The number of rotatable bonds is 5. The summed E-state index contributed by atoms with van der Waals surface area (Å²) < 4.78 is 1.85. The molecule has 1 saturated heterocycles. The van der Waals surface area contributed by atoms with Gasteiger partial charge in [-0.1, -0.05) is 6.92 Å². The van der Waals surface area contributed by atoms with Crippen LogP contribution < -0.4 is 10.6 Å². The summed E-state index contributed by atoms with van der Waals surface area (Å²) in [4.78, 5) is 11.9. The first kappa shape index (κ1) is 15.2. The molecule has 0 spiro atoms. The van der Waals surface area contributed by atoms with Gasteiger partial charge in [-0.2, -0.15) is 5.10 Å². The summed E-state index contributed by atoms with van der Waals surface area (Å²) in [5.74, 6) is 2.66. The molecule has 6 heteroatoms. The summed E-state index contributed by atoms with van der Waals surface area (Å²) in [6.07, 6.45) is 7.44. The van der Waals surface area contributed by atoms with Gasteiger partial charge in [0.1, 0.15) is 11.6 Å². The first-order chi connectivity index (χ1) is 10.7. The topological polar surface area (TPSA) is 72.9 Å². The minimum atomic E-state index is 0.676. The first-order valence-electron chi connectivity index (χ1n) is 8.36. The SMILES string of the molecule is CCCc1nc(N2CCCC(CCN)C2)c2cnn(C)c2n1. The molecule has 22 heavy (non-hydrogen) atoms. The van der Waals surface area contributed by atoms with Gasteiger partial charge in [-0.15, -0.1) is 0 Å². The molecule has 120 valence electrons. The highest BCUT2D eigenvalue weighted by Crippen LogP contribution is 2.29. The molecule has 3 heterocycles. The fourth-order valence-electron chi connectivity index (χ4n) is 3.36. The number of fused-ring (bicyclic) bond motifs is 1. The molecule has 0 aliphatic carbocycles. The lowest BCUT2D eigenvalue weighted by Crippen LogP contribution is -2.37. The number of piperidine rings is 1. The van der Waals surface area contributed by atoms with E-state index >= 15 is 0 Å². The van der Waals surface area contributed by atoms with Crippen LogP contribution >= 0.6 is 0 Å². The van der Waals surface area contributed by atoms with E-state index < -0.39 is 0 Å². The molecule has 0 aromatic carbocycles. The number of nitrogens with two attached hydrogens (primary N) is 1. The molecule has 1 aliphatic heterocycles. The third kappa shape index (κ3) is 2.92. The van der Waals surface area contributed by atoms with Crippen molar-refractivity contribution in [2.45, 2.75) is 39.0 Å². The Balaban J connectivity index is 1.97. The van der Waals surface area contributed by atoms with E-state index in [0.29, 0.717) is 5.92 Å². The second-order valence-corrected chi connectivity index (χ2v) is 6.25. The Kier molecular flexibility index (Phi) is 4.57. The predicted molar refractivity (Wildman–Crippen MR) is 88.9 cm³/mol. The van der Waals surface area contributed by atoms with E-state index in [9.17, 15) is 0 Å². The normalized spacial score (nSPS) is 19.0. The summed E-state index contributed by atoms with van der Waals surface area (Å²) in [5.41, 5.74) is 6.68. The van der Waals surface area contributed by atoms with Crippen LogP contribution in [0.25, 0.3) is 11.0 Å². The lowest BCUT2D eigenvalue weighted by molar-refractivity contribution is 0.395. The lowest BCUT2D eigenvalue weighted by atomic mass is 9.95. The highest BCUT2D eigenvalue weighted by molar-refractivity contribution is 5.87. The average molecular weight is 302 g/mol. The maximum Gasteiger partial charge on any atom is 0.163 e. The van der Waals surface area contributed by atoms with Gasteiger partial charge in [0, 0.05) is 26.6 Å². The minimum Gasteiger partial charge on any atom is -0.356 e. The predicted octanol–water partition coefficient (Wildman–Crippen LogP) is 1.88. The van der Waals surface area contributed by atoms with E-state index in [1.54, 1.807) is 0 Å². The van der Waals surface area contributed by atoms with Crippen LogP contribution in [0.1, 0.15) is 38.4 Å². The van der Waals surface area contributed by atoms with Crippen molar-refractivity contribution in [2.75, 3.05) is 24.5 Å². The van der Waals surface area contributed by atoms with Crippen LogP contribution in [0.2, 0.25) is 0 Å². The Morgan fingerprint density at radius 2 is 2.23 bits per heavy atom. The monoisotopic (exact) mass is 302 g/mol. The molecule has 2 aromatic heterocycles. The zero-order valence-corrected chi connectivity index (χ0v) is 13.6. The minimum absolute atomic E-state index is 0.676. The van der Waals surface area contributed by atoms with Crippen LogP contribution in [0.4, 0.5) is 5.82 Å². The fourth-order valence-corrected chi connectivity index (χ4v) is 3.36. The van der Waals surface area contributed by atoms with Crippen LogP contribution in [-0.2, 0) is 13.5 Å². The van der Waals surface area contributed by atoms with E-state index in [1.807, 2.05) is 17.9 Å². The van der Waals surface area contributed by atoms with Crippen molar-refractivity contribution in [3.8, 4) is 0 Å². The number of aryl methyl sites for hydroxylation is 2. The van der Waals surface area contributed by atoms with Crippen molar-refractivity contribution >= 4 is 16.9 Å². The maximum absolute atomic E-state index is 5.74. The van der Waals surface area contributed by atoms with Gasteiger partial charge in [-0.25, -0.2) is 9.97 Å². The van der Waals surface area contributed by atoms with E-state index in [4.69, 9.17) is 10.7 Å². The van der Waals surface area contributed by atoms with Crippen LogP contribution in [-0.4, -0.2) is 39.4 Å². The average Bonchev–Trinajstić information content (AvgIpc) is 2.89. The molecule has 2 aromatic rings. The molecule has 1 unspecified atom stereocenters. The van der Waals surface area contributed by atoms with E-state index in [2.05, 4.69) is 21.9 Å². The molecule has 0 saturated carbocycles. The Morgan fingerprint density at radius 3 is 3.00 bits per heavy atom. The molecule has 6 nitrogen and oxygen atoms in total. The second-order valence-electron chi connectivity index (χ2n) is 6.25. The molecule has 1 fully saturated rings. The van der Waals surface area contributed by atoms with Gasteiger partial charge in [0.15, 0.2) is 5.65 Å². The van der Waals surface area contributed by atoms with Crippen molar-refractivity contribution in [2.24, 2.45) is 18.7 Å². The third-order valence-corrected chi connectivity index (χ3v) is 4.49. The summed E-state index contributed by atoms with van der Waals surface area (Å²) in [6, 6.07) is 0. The number of hydrogen-bond donors (Lipinski definition) is 1. The summed E-state index contributed by atoms with van der Waals surface area (Å²) in [6.45, 7) is 5.04. The van der Waals surface area contributed by atoms with Gasteiger partial charge in [0.2, 0.25) is 0 Å². The van der Waals surface area contributed by atoms with E-state index in [-0.39, 0.29) is 0 Å². The summed E-state index contributed by atoms with van der Waals surface area (Å²) in [5, 5.41) is 5.44. The zero-order chi connectivity index (χ0) is 15.5. The first-order valence-corrected chi connectivity index (χ1v) is 8.36. The molecular formula is C16H26N6. The Morgan fingerprint density at radius 1 is 1.36 bits per heavy atom. The van der Waals surface area contributed by atoms with Crippen LogP contribution in [0, 0.1) is 5.92 Å². The smallest absolute Gasteiger partial charge is 0.163 e. The summed E-state index contributed by atoms with van der Waals surface area (Å²) >= 11 is 0. The molecule has 0 radical (unpaired) electrons. The molecule has 2 N–H and O–H groups in total. The quantitative estimate of drug-likeness (QED) is 0.913.